The molecule has 4 bridgehead atoms. The summed E-state index contributed by atoms with van der Waals surface area (Å²) in [6.45, 7) is 1.19. The van der Waals surface area contributed by atoms with E-state index in [1.807, 2.05) is 4.90 Å². The first-order valence-corrected chi connectivity index (χ1v) is 10.8. The number of benzene rings is 1. The second-order valence-corrected chi connectivity index (χ2v) is 9.52. The number of nitrogens with zero attached hydrogens (tertiary/aromatic N) is 1. The molecule has 1 N–H and O–H groups in total. The third-order valence-corrected chi connectivity index (χ3v) is 8.09. The fourth-order valence-electron chi connectivity index (χ4n) is 7.00. The van der Waals surface area contributed by atoms with Crippen LogP contribution in [0.15, 0.2) is 30.3 Å². The van der Waals surface area contributed by atoms with Crippen LogP contribution in [0, 0.1) is 23.7 Å². The van der Waals surface area contributed by atoms with Crippen molar-refractivity contribution in [2.75, 3.05) is 20.2 Å². The molecule has 5 aliphatic rings. The number of hydrogen-bond donors (Lipinski definition) is 1. The van der Waals surface area contributed by atoms with Gasteiger partial charge in [-0.05, 0) is 61.3 Å². The number of amides is 2. The molecule has 4 saturated carbocycles. The van der Waals surface area contributed by atoms with E-state index >= 15 is 0 Å². The van der Waals surface area contributed by atoms with Gasteiger partial charge in [0.2, 0.25) is 5.91 Å². The van der Waals surface area contributed by atoms with Gasteiger partial charge in [-0.3, -0.25) is 4.79 Å². The predicted molar refractivity (Wildman–Crippen MR) is 106 cm³/mol. The van der Waals surface area contributed by atoms with Gasteiger partial charge in [0, 0.05) is 24.9 Å². The lowest BCUT2D eigenvalue weighted by Crippen LogP contribution is -2.63. The van der Waals surface area contributed by atoms with Crippen LogP contribution in [-0.2, 0) is 14.9 Å². The first-order valence-electron chi connectivity index (χ1n) is 10.8. The Morgan fingerprint density at radius 3 is 2.21 bits per heavy atom. The summed E-state index contributed by atoms with van der Waals surface area (Å²) in [5.74, 6) is 3.29. The average Bonchev–Trinajstić information content (AvgIpc) is 2.67. The maximum Gasteiger partial charge on any atom is 0.407 e. The summed E-state index contributed by atoms with van der Waals surface area (Å²) in [4.78, 5) is 26.6. The zero-order valence-electron chi connectivity index (χ0n) is 16.6. The van der Waals surface area contributed by atoms with Gasteiger partial charge in [-0.1, -0.05) is 30.3 Å². The zero-order valence-corrected chi connectivity index (χ0v) is 16.6. The lowest BCUT2D eigenvalue weighted by Gasteiger charge is -2.62. The molecule has 0 radical (unpaired) electrons. The van der Waals surface area contributed by atoms with E-state index < -0.39 is 6.09 Å². The summed E-state index contributed by atoms with van der Waals surface area (Å²) in [6.07, 6.45) is 6.79. The van der Waals surface area contributed by atoms with Crippen molar-refractivity contribution in [3.05, 3.63) is 35.9 Å². The Labute approximate surface area is 166 Å². The fourth-order valence-corrected chi connectivity index (χ4v) is 7.00. The van der Waals surface area contributed by atoms with Crippen LogP contribution >= 0.6 is 0 Å². The molecule has 2 amide bonds. The van der Waals surface area contributed by atoms with Crippen LogP contribution in [0.2, 0.25) is 0 Å². The number of methoxy groups -OCH3 is 1. The minimum Gasteiger partial charge on any atom is -0.453 e. The van der Waals surface area contributed by atoms with Gasteiger partial charge in [0.25, 0.3) is 0 Å². The highest BCUT2D eigenvalue weighted by molar-refractivity contribution is 5.79. The monoisotopic (exact) mass is 382 g/mol. The second kappa shape index (κ2) is 6.78. The van der Waals surface area contributed by atoms with Crippen LogP contribution in [0.5, 0.6) is 0 Å². The Morgan fingerprint density at radius 1 is 1.04 bits per heavy atom. The van der Waals surface area contributed by atoms with Gasteiger partial charge in [-0.2, -0.15) is 0 Å². The highest BCUT2D eigenvalue weighted by atomic mass is 16.5. The van der Waals surface area contributed by atoms with Crippen molar-refractivity contribution in [2.45, 2.75) is 50.0 Å². The maximum absolute atomic E-state index is 13.3. The normalized spacial score (nSPS) is 36.1. The number of hydrogen-bond acceptors (Lipinski definition) is 3. The predicted octanol–water partition coefficient (Wildman–Crippen LogP) is 3.34. The molecule has 1 aromatic carbocycles. The number of nitrogens with one attached hydrogen (secondary N) is 1. The van der Waals surface area contributed by atoms with E-state index in [1.54, 1.807) is 0 Å². The molecule has 0 atom stereocenters. The largest absolute Gasteiger partial charge is 0.453 e. The van der Waals surface area contributed by atoms with E-state index in [-0.39, 0.29) is 17.4 Å². The summed E-state index contributed by atoms with van der Waals surface area (Å²) in [7, 11) is 1.37. The summed E-state index contributed by atoms with van der Waals surface area (Å²) in [6, 6.07) is 10.9. The Hall–Kier alpha value is -2.04. The lowest BCUT2D eigenvalue weighted by molar-refractivity contribution is -0.143. The van der Waals surface area contributed by atoms with Gasteiger partial charge in [-0.25, -0.2) is 4.79 Å². The number of rotatable bonds is 4. The molecule has 1 saturated heterocycles. The highest BCUT2D eigenvalue weighted by Crippen LogP contribution is 2.64. The van der Waals surface area contributed by atoms with E-state index in [9.17, 15) is 9.59 Å². The minimum atomic E-state index is -0.418. The van der Waals surface area contributed by atoms with Crippen molar-refractivity contribution in [1.82, 2.24) is 10.2 Å². The van der Waals surface area contributed by atoms with Crippen molar-refractivity contribution >= 4 is 12.0 Å². The molecule has 4 aliphatic carbocycles. The molecule has 1 heterocycles. The Morgan fingerprint density at radius 2 is 1.64 bits per heavy atom. The van der Waals surface area contributed by atoms with Crippen molar-refractivity contribution in [3.63, 3.8) is 0 Å². The van der Waals surface area contributed by atoms with Crippen LogP contribution in [-0.4, -0.2) is 43.1 Å². The van der Waals surface area contributed by atoms with Gasteiger partial charge >= 0.3 is 6.09 Å². The van der Waals surface area contributed by atoms with Crippen molar-refractivity contribution in [3.8, 4) is 0 Å². The minimum absolute atomic E-state index is 0.00658. The van der Waals surface area contributed by atoms with Crippen LogP contribution < -0.4 is 5.32 Å². The molecular weight excluding hydrogens is 352 g/mol. The average molecular weight is 383 g/mol. The van der Waals surface area contributed by atoms with E-state index in [1.165, 1.54) is 44.8 Å². The number of ether oxygens (including phenoxy) is 1. The van der Waals surface area contributed by atoms with E-state index in [2.05, 4.69) is 40.4 Å². The molecule has 0 aromatic heterocycles. The van der Waals surface area contributed by atoms with Crippen molar-refractivity contribution in [2.24, 2.45) is 23.7 Å². The second-order valence-electron chi connectivity index (χ2n) is 9.52. The van der Waals surface area contributed by atoms with E-state index in [4.69, 9.17) is 0 Å². The van der Waals surface area contributed by atoms with Crippen LogP contribution in [0.25, 0.3) is 0 Å². The summed E-state index contributed by atoms with van der Waals surface area (Å²) in [5, 5.41) is 2.79. The molecule has 0 unspecified atom stereocenters. The van der Waals surface area contributed by atoms with E-state index in [0.29, 0.717) is 31.3 Å². The molecule has 150 valence electrons. The quantitative estimate of drug-likeness (QED) is 0.869. The fraction of sp³-hybridized carbons (Fsp3) is 0.652. The topological polar surface area (TPSA) is 58.6 Å². The highest BCUT2D eigenvalue weighted by Gasteiger charge is 2.58. The summed E-state index contributed by atoms with van der Waals surface area (Å²) < 4.78 is 4.66. The number of carbonyl (C=O) groups excluding carboxylic acids is 2. The van der Waals surface area contributed by atoms with Gasteiger partial charge in [0.05, 0.1) is 13.2 Å². The van der Waals surface area contributed by atoms with Crippen LogP contribution in [0.1, 0.15) is 44.1 Å². The molecule has 5 fully saturated rings. The van der Waals surface area contributed by atoms with Crippen LogP contribution in [0.3, 0.4) is 0 Å². The molecule has 5 nitrogen and oxygen atoms in total. The first-order chi connectivity index (χ1) is 13.6. The first kappa shape index (κ1) is 18.0. The summed E-state index contributed by atoms with van der Waals surface area (Å²) >= 11 is 0. The molecule has 1 aromatic rings. The van der Waals surface area contributed by atoms with Crippen molar-refractivity contribution in [1.29, 1.82) is 0 Å². The maximum atomic E-state index is 13.3. The third-order valence-electron chi connectivity index (χ3n) is 8.09. The number of likely N-dealkylation sites (tertiary alicyclic amines) is 1. The molecule has 0 spiro atoms. The molecule has 1 aliphatic heterocycles. The number of alkyl carbamates (subject to hydrolysis) is 1. The Kier molecular flexibility index (Phi) is 4.37. The van der Waals surface area contributed by atoms with Gasteiger partial charge < -0.3 is 15.0 Å². The standard InChI is InChI=1S/C23H30N2O3/c1-28-22(27)24-20-13-25(14-20)21(26)12-23(17-5-3-2-4-6-17)18-8-15-7-16(10-18)11-19(23)9-15/h2-6,15-16,18-20H,7-14H2,1H3,(H,24,27). The Bertz CT molecular complexity index is 728. The smallest absolute Gasteiger partial charge is 0.407 e. The van der Waals surface area contributed by atoms with Crippen LogP contribution in [0.4, 0.5) is 4.79 Å². The SMILES string of the molecule is COC(=O)NC1CN(C(=O)CC2(c3ccccc3)C3CC4CC(C3)CC2C4)C1. The van der Waals surface area contributed by atoms with Gasteiger partial charge in [-0.15, -0.1) is 0 Å². The summed E-state index contributed by atoms with van der Waals surface area (Å²) in [5.41, 5.74) is 1.38. The number of carbonyl (C=O) groups is 2. The van der Waals surface area contributed by atoms with E-state index in [0.717, 1.165) is 11.8 Å². The molecule has 6 rings (SSSR count). The lowest BCUT2D eigenvalue weighted by atomic mass is 9.43. The molecular formula is C23H30N2O3. The molecule has 28 heavy (non-hydrogen) atoms. The van der Waals surface area contributed by atoms with Gasteiger partial charge in [0.15, 0.2) is 0 Å². The van der Waals surface area contributed by atoms with Gasteiger partial charge in [0.1, 0.15) is 0 Å². The van der Waals surface area contributed by atoms with Crippen molar-refractivity contribution < 1.29 is 14.3 Å². The zero-order chi connectivity index (χ0) is 19.3. The molecule has 5 heteroatoms. The Balaban J connectivity index is 1.36. The third kappa shape index (κ3) is 2.82.